The lowest BCUT2D eigenvalue weighted by atomic mass is 10.2. The smallest absolute Gasteiger partial charge is 0.252 e. The molecule has 162 valence electrons. The third-order valence-corrected chi connectivity index (χ3v) is 11.2. The molecule has 0 unspecified atom stereocenters. The van der Waals surface area contributed by atoms with E-state index in [2.05, 4.69) is 87.8 Å². The second-order valence-electron chi connectivity index (χ2n) is 8.85. The normalized spacial score (nSPS) is 11.8. The van der Waals surface area contributed by atoms with Crippen LogP contribution in [-0.4, -0.2) is 18.3 Å². The van der Waals surface area contributed by atoms with Crippen molar-refractivity contribution in [2.75, 3.05) is 0 Å². The summed E-state index contributed by atoms with van der Waals surface area (Å²) in [4.78, 5) is 18.4. The topological polar surface area (TPSA) is 55.0 Å². The van der Waals surface area contributed by atoms with Crippen molar-refractivity contribution in [3.63, 3.8) is 0 Å². The zero-order chi connectivity index (χ0) is 22.8. The minimum atomic E-state index is -1.83. The first-order chi connectivity index (χ1) is 14.5. The highest BCUT2D eigenvalue weighted by molar-refractivity contribution is 9.11. The molecule has 0 aliphatic heterocycles. The maximum atomic E-state index is 11.0. The number of H-pyrrole nitrogens is 1. The SMILES string of the molecule is CC(C)(C)[Si](C)(C)Oc1ccc2cccc(Br)c2n1.O=c1ccc2cccc(Br)c2[nH]1. The van der Waals surface area contributed by atoms with Crippen molar-refractivity contribution in [1.29, 1.82) is 0 Å². The van der Waals surface area contributed by atoms with Crippen LogP contribution in [0.5, 0.6) is 5.88 Å². The van der Waals surface area contributed by atoms with E-state index in [1.807, 2.05) is 36.4 Å². The summed E-state index contributed by atoms with van der Waals surface area (Å²) >= 11 is 6.90. The highest BCUT2D eigenvalue weighted by Crippen LogP contribution is 2.37. The maximum Gasteiger partial charge on any atom is 0.252 e. The average Bonchev–Trinajstić information content (AvgIpc) is 2.69. The summed E-state index contributed by atoms with van der Waals surface area (Å²) in [5, 5.41) is 2.33. The molecule has 2 heterocycles. The third-order valence-electron chi connectivity index (χ3n) is 5.52. The number of pyridine rings is 2. The van der Waals surface area contributed by atoms with Gasteiger partial charge in [-0.15, -0.1) is 0 Å². The molecule has 31 heavy (non-hydrogen) atoms. The lowest BCUT2D eigenvalue weighted by Crippen LogP contribution is -2.44. The lowest BCUT2D eigenvalue weighted by Gasteiger charge is -2.35. The van der Waals surface area contributed by atoms with Crippen molar-refractivity contribution in [2.45, 2.75) is 38.9 Å². The Morgan fingerprint density at radius 3 is 2.16 bits per heavy atom. The fraction of sp³-hybridized carbons (Fsp3) is 0.250. The fourth-order valence-corrected chi connectivity index (χ4v) is 4.60. The summed E-state index contributed by atoms with van der Waals surface area (Å²) in [7, 11) is -1.83. The summed E-state index contributed by atoms with van der Waals surface area (Å²) in [5.41, 5.74) is 1.73. The molecule has 7 heteroatoms. The van der Waals surface area contributed by atoms with E-state index in [1.165, 1.54) is 6.07 Å². The molecule has 0 saturated heterocycles. The van der Waals surface area contributed by atoms with Crippen molar-refractivity contribution in [1.82, 2.24) is 9.97 Å². The van der Waals surface area contributed by atoms with Crippen molar-refractivity contribution in [2.24, 2.45) is 0 Å². The van der Waals surface area contributed by atoms with Crippen LogP contribution in [0.15, 0.2) is 74.4 Å². The van der Waals surface area contributed by atoms with Crippen molar-refractivity contribution < 1.29 is 4.43 Å². The number of nitrogens with one attached hydrogen (secondary N) is 1. The van der Waals surface area contributed by atoms with E-state index in [-0.39, 0.29) is 10.6 Å². The maximum absolute atomic E-state index is 11.0. The van der Waals surface area contributed by atoms with Crippen LogP contribution in [0, 0.1) is 0 Å². The number of hydrogen-bond donors (Lipinski definition) is 1. The number of benzene rings is 2. The third kappa shape index (κ3) is 5.64. The molecule has 0 radical (unpaired) electrons. The number of nitrogens with zero attached hydrogens (tertiary/aromatic N) is 1. The van der Waals surface area contributed by atoms with Gasteiger partial charge in [-0.1, -0.05) is 45.0 Å². The average molecular weight is 562 g/mol. The Morgan fingerprint density at radius 2 is 1.48 bits per heavy atom. The van der Waals surface area contributed by atoms with Crippen LogP contribution in [0.2, 0.25) is 18.1 Å². The van der Waals surface area contributed by atoms with E-state index in [0.717, 1.165) is 36.6 Å². The number of aromatic nitrogens is 2. The summed E-state index contributed by atoms with van der Waals surface area (Å²) in [6.07, 6.45) is 0. The van der Waals surface area contributed by atoms with Crippen LogP contribution < -0.4 is 9.99 Å². The van der Waals surface area contributed by atoms with Gasteiger partial charge < -0.3 is 9.41 Å². The Labute approximate surface area is 200 Å². The lowest BCUT2D eigenvalue weighted by molar-refractivity contribution is 0.478. The quantitative estimate of drug-likeness (QED) is 0.255. The Hall–Kier alpha value is -1.96. The predicted molar refractivity (Wildman–Crippen MR) is 140 cm³/mol. The Morgan fingerprint density at radius 1 is 0.871 bits per heavy atom. The van der Waals surface area contributed by atoms with Crippen LogP contribution in [0.4, 0.5) is 0 Å². The van der Waals surface area contributed by atoms with E-state index in [4.69, 9.17) is 4.43 Å². The molecule has 0 aliphatic rings. The van der Waals surface area contributed by atoms with Gasteiger partial charge in [-0.25, -0.2) is 4.98 Å². The van der Waals surface area contributed by atoms with Gasteiger partial charge in [0.2, 0.25) is 5.56 Å². The van der Waals surface area contributed by atoms with Gasteiger partial charge in [0.1, 0.15) is 0 Å². The van der Waals surface area contributed by atoms with Crippen LogP contribution in [0.25, 0.3) is 21.8 Å². The number of rotatable bonds is 2. The van der Waals surface area contributed by atoms with E-state index in [9.17, 15) is 4.79 Å². The largest absolute Gasteiger partial charge is 0.531 e. The minimum absolute atomic E-state index is 0.0746. The molecular weight excluding hydrogens is 536 g/mol. The van der Waals surface area contributed by atoms with E-state index in [1.54, 1.807) is 6.07 Å². The molecule has 0 aliphatic carbocycles. The number of halogens is 2. The standard InChI is InChI=1S/C15H20BrNOSi.C9H6BrNO/c1-15(2,3)19(4,5)18-13-10-9-11-7-6-8-12(16)14(11)17-13;10-7-3-1-2-6-4-5-8(12)11-9(6)7/h6-10H,1-5H3;1-5H,(H,11,12). The monoisotopic (exact) mass is 560 g/mol. The molecule has 4 aromatic rings. The summed E-state index contributed by atoms with van der Waals surface area (Å²) < 4.78 is 8.16. The highest BCUT2D eigenvalue weighted by atomic mass is 79.9. The van der Waals surface area contributed by atoms with Gasteiger partial charge in [0.05, 0.1) is 11.0 Å². The number of aromatic amines is 1. The molecular formula is C24H26Br2N2O2Si. The zero-order valence-electron chi connectivity index (χ0n) is 18.3. The number of hydrogen-bond acceptors (Lipinski definition) is 3. The van der Waals surface area contributed by atoms with Crippen LogP contribution in [-0.2, 0) is 0 Å². The van der Waals surface area contributed by atoms with Gasteiger partial charge in [-0.3, -0.25) is 4.79 Å². The summed E-state index contributed by atoms with van der Waals surface area (Å²) in [5.74, 6) is 0.728. The second-order valence-corrected chi connectivity index (χ2v) is 15.3. The number of fused-ring (bicyclic) bond motifs is 2. The molecule has 1 N–H and O–H groups in total. The van der Waals surface area contributed by atoms with Gasteiger partial charge in [0.25, 0.3) is 8.32 Å². The number of para-hydroxylation sites is 2. The summed E-state index contributed by atoms with van der Waals surface area (Å²) in [6.45, 7) is 11.2. The second kappa shape index (κ2) is 9.26. The Kier molecular flexibility index (Phi) is 7.08. The van der Waals surface area contributed by atoms with Crippen LogP contribution in [0.3, 0.4) is 0 Å². The molecule has 4 rings (SSSR count). The minimum Gasteiger partial charge on any atom is -0.531 e. The van der Waals surface area contributed by atoms with Crippen molar-refractivity contribution in [3.05, 3.63) is 80.0 Å². The van der Waals surface area contributed by atoms with Gasteiger partial charge in [-0.05, 0) is 85.7 Å². The summed E-state index contributed by atoms with van der Waals surface area (Å²) in [6, 6.07) is 19.2. The first-order valence-corrected chi connectivity index (χ1v) is 14.5. The molecule has 0 bridgehead atoms. The van der Waals surface area contributed by atoms with E-state index in [0.29, 0.717) is 0 Å². The molecule has 2 aromatic carbocycles. The first kappa shape index (κ1) is 23.7. The zero-order valence-corrected chi connectivity index (χ0v) is 22.5. The van der Waals surface area contributed by atoms with Crippen molar-refractivity contribution in [3.8, 4) is 5.88 Å². The predicted octanol–water partition coefficient (Wildman–Crippen LogP) is 7.67. The Balaban J connectivity index is 0.000000194. The van der Waals surface area contributed by atoms with Crippen molar-refractivity contribution >= 4 is 62.0 Å². The van der Waals surface area contributed by atoms with Gasteiger partial charge in [0.15, 0.2) is 5.88 Å². The molecule has 2 aromatic heterocycles. The van der Waals surface area contributed by atoms with Gasteiger partial charge in [-0.2, -0.15) is 0 Å². The van der Waals surface area contributed by atoms with Gasteiger partial charge >= 0.3 is 0 Å². The van der Waals surface area contributed by atoms with E-state index >= 15 is 0 Å². The molecule has 0 spiro atoms. The van der Waals surface area contributed by atoms with Crippen LogP contribution in [0.1, 0.15) is 20.8 Å². The van der Waals surface area contributed by atoms with E-state index < -0.39 is 8.32 Å². The first-order valence-electron chi connectivity index (χ1n) is 10.00. The fourth-order valence-electron chi connectivity index (χ4n) is 2.71. The molecule has 0 fully saturated rings. The molecule has 4 nitrogen and oxygen atoms in total. The van der Waals surface area contributed by atoms with Gasteiger partial charge in [0, 0.05) is 20.4 Å². The molecule has 0 saturated carbocycles. The molecule has 0 amide bonds. The Bertz CT molecular complexity index is 1280. The molecule has 0 atom stereocenters. The highest BCUT2D eigenvalue weighted by Gasteiger charge is 2.39. The van der Waals surface area contributed by atoms with Crippen LogP contribution >= 0.6 is 31.9 Å².